The number of benzene rings is 1. The van der Waals surface area contributed by atoms with Crippen molar-refractivity contribution >= 4 is 12.1 Å². The fourth-order valence-electron chi connectivity index (χ4n) is 2.85. The maximum atomic E-state index is 12.0. The van der Waals surface area contributed by atoms with Gasteiger partial charge in [-0.1, -0.05) is 49.6 Å². The van der Waals surface area contributed by atoms with Crippen LogP contribution in [0.4, 0.5) is 0 Å². The Labute approximate surface area is 120 Å². The lowest BCUT2D eigenvalue weighted by Gasteiger charge is -2.28. The quantitative estimate of drug-likeness (QED) is 0.461. The summed E-state index contributed by atoms with van der Waals surface area (Å²) in [6.07, 6.45) is 7.19. The van der Waals surface area contributed by atoms with Crippen molar-refractivity contribution in [3.05, 3.63) is 41.4 Å². The number of rotatable bonds is 5. The molecule has 0 atom stereocenters. The maximum Gasteiger partial charge on any atom is 0.344 e. The summed E-state index contributed by atoms with van der Waals surface area (Å²) in [4.78, 5) is 16.7. The van der Waals surface area contributed by atoms with E-state index < -0.39 is 0 Å². The highest BCUT2D eigenvalue weighted by Gasteiger charge is 2.21. The minimum absolute atomic E-state index is 0.220. The minimum atomic E-state index is -0.220. The van der Waals surface area contributed by atoms with Gasteiger partial charge >= 0.3 is 12.1 Å². The molecular formula is C16H21N3O. The average molecular weight is 271 g/mol. The minimum Gasteiger partial charge on any atom is -0.361 e. The fraction of sp³-hybridized carbons (Fsp3) is 0.500. The van der Waals surface area contributed by atoms with E-state index >= 15 is 0 Å². The molecule has 0 bridgehead atoms. The molecule has 1 fully saturated rings. The Kier molecular flexibility index (Phi) is 5.51. The molecule has 1 aromatic rings. The monoisotopic (exact) mass is 271 g/mol. The van der Waals surface area contributed by atoms with Gasteiger partial charge in [-0.3, -0.25) is 4.79 Å². The van der Waals surface area contributed by atoms with E-state index in [1.807, 2.05) is 30.3 Å². The van der Waals surface area contributed by atoms with Gasteiger partial charge in [-0.05, 0) is 24.3 Å². The number of carbonyl (C=O) groups is 1. The zero-order valence-electron chi connectivity index (χ0n) is 11.7. The zero-order valence-corrected chi connectivity index (χ0v) is 11.7. The van der Waals surface area contributed by atoms with Gasteiger partial charge in [-0.2, -0.15) is 4.79 Å². The van der Waals surface area contributed by atoms with Crippen LogP contribution in [0.3, 0.4) is 0 Å². The van der Waals surface area contributed by atoms with Crippen LogP contribution in [-0.2, 0) is 11.3 Å². The topological polar surface area (TPSA) is 56.7 Å². The predicted octanol–water partition coefficient (Wildman–Crippen LogP) is 2.90. The standard InChI is InChI=1S/C16H21N3O/c17-18-11-16(20)19(12-14-7-3-1-4-8-14)13-15-9-5-2-6-10-15/h1,3-4,7-8,11,15H,2,5-6,9-10,12-13H2. The second kappa shape index (κ2) is 7.61. The lowest BCUT2D eigenvalue weighted by Crippen LogP contribution is -2.36. The molecule has 0 aliphatic heterocycles. The van der Waals surface area contributed by atoms with Crippen molar-refractivity contribution in [2.75, 3.05) is 6.54 Å². The first kappa shape index (κ1) is 14.5. The summed E-state index contributed by atoms with van der Waals surface area (Å²) in [6, 6.07) is 9.93. The first-order valence-corrected chi connectivity index (χ1v) is 7.30. The largest absolute Gasteiger partial charge is 0.361 e. The molecule has 106 valence electrons. The summed E-state index contributed by atoms with van der Waals surface area (Å²) < 4.78 is 0. The molecule has 1 aliphatic rings. The fourth-order valence-corrected chi connectivity index (χ4v) is 2.85. The summed E-state index contributed by atoms with van der Waals surface area (Å²) >= 11 is 0. The van der Waals surface area contributed by atoms with E-state index in [1.165, 1.54) is 32.1 Å². The van der Waals surface area contributed by atoms with Crippen LogP contribution in [0.2, 0.25) is 0 Å². The second-order valence-corrected chi connectivity index (χ2v) is 5.45. The van der Waals surface area contributed by atoms with Crippen LogP contribution >= 0.6 is 0 Å². The van der Waals surface area contributed by atoms with Crippen LogP contribution < -0.4 is 0 Å². The SMILES string of the molecule is [N-]=[N+]=CC(=O)N(Cc1ccccc1)CC1CCCCC1. The summed E-state index contributed by atoms with van der Waals surface area (Å²) in [7, 11) is 0. The number of nitrogens with zero attached hydrogens (tertiary/aromatic N) is 3. The molecule has 0 aromatic heterocycles. The van der Waals surface area contributed by atoms with Gasteiger partial charge in [-0.25, -0.2) is 0 Å². The van der Waals surface area contributed by atoms with Crippen LogP contribution in [-0.4, -0.2) is 28.4 Å². The van der Waals surface area contributed by atoms with Gasteiger partial charge in [0.25, 0.3) is 0 Å². The molecule has 4 nitrogen and oxygen atoms in total. The molecule has 0 saturated heterocycles. The zero-order chi connectivity index (χ0) is 14.2. The third-order valence-corrected chi connectivity index (χ3v) is 3.90. The summed E-state index contributed by atoms with van der Waals surface area (Å²) in [5.74, 6) is 0.352. The van der Waals surface area contributed by atoms with Crippen molar-refractivity contribution in [2.24, 2.45) is 5.92 Å². The van der Waals surface area contributed by atoms with Crippen molar-refractivity contribution < 1.29 is 9.58 Å². The first-order valence-electron chi connectivity index (χ1n) is 7.30. The normalized spacial score (nSPS) is 15.4. The van der Waals surface area contributed by atoms with Gasteiger partial charge in [0, 0.05) is 13.1 Å². The van der Waals surface area contributed by atoms with E-state index in [4.69, 9.17) is 5.53 Å². The highest BCUT2D eigenvalue weighted by molar-refractivity contribution is 6.23. The first-order chi connectivity index (χ1) is 9.79. The van der Waals surface area contributed by atoms with Crippen molar-refractivity contribution in [3.8, 4) is 0 Å². The van der Waals surface area contributed by atoms with Crippen LogP contribution in [0, 0.1) is 5.92 Å². The third-order valence-electron chi connectivity index (χ3n) is 3.90. The number of carbonyl (C=O) groups excluding carboxylic acids is 1. The van der Waals surface area contributed by atoms with Gasteiger partial charge in [0.15, 0.2) is 0 Å². The van der Waals surface area contributed by atoms with Gasteiger partial charge in [0.05, 0.1) is 0 Å². The molecule has 2 rings (SSSR count). The molecule has 1 amide bonds. The molecule has 1 saturated carbocycles. The molecule has 0 radical (unpaired) electrons. The summed E-state index contributed by atoms with van der Waals surface area (Å²) in [5.41, 5.74) is 9.68. The van der Waals surface area contributed by atoms with Crippen LogP contribution in [0.1, 0.15) is 37.7 Å². The van der Waals surface area contributed by atoms with E-state index in [9.17, 15) is 4.79 Å². The lowest BCUT2D eigenvalue weighted by molar-refractivity contribution is -0.128. The van der Waals surface area contributed by atoms with Crippen molar-refractivity contribution in [1.29, 1.82) is 0 Å². The Balaban J connectivity index is 2.03. The highest BCUT2D eigenvalue weighted by atomic mass is 16.2. The number of hydrogen-bond donors (Lipinski definition) is 0. The molecule has 20 heavy (non-hydrogen) atoms. The molecule has 1 aromatic carbocycles. The Morgan fingerprint density at radius 2 is 1.95 bits per heavy atom. The Morgan fingerprint density at radius 3 is 2.60 bits per heavy atom. The molecule has 0 unspecified atom stereocenters. The smallest absolute Gasteiger partial charge is 0.344 e. The van der Waals surface area contributed by atoms with Crippen molar-refractivity contribution in [2.45, 2.75) is 38.6 Å². The maximum absolute atomic E-state index is 12.0. The summed E-state index contributed by atoms with van der Waals surface area (Å²) in [6.45, 7) is 1.32. The predicted molar refractivity (Wildman–Crippen MR) is 78.1 cm³/mol. The van der Waals surface area contributed by atoms with Gasteiger partial charge in [-0.15, -0.1) is 0 Å². The van der Waals surface area contributed by atoms with E-state index in [1.54, 1.807) is 4.90 Å². The Morgan fingerprint density at radius 1 is 1.25 bits per heavy atom. The van der Waals surface area contributed by atoms with Gasteiger partial charge < -0.3 is 10.4 Å². The van der Waals surface area contributed by atoms with E-state index in [2.05, 4.69) is 4.79 Å². The Bertz CT molecular complexity index is 474. The Hall–Kier alpha value is -1.93. The van der Waals surface area contributed by atoms with Crippen LogP contribution in [0.15, 0.2) is 30.3 Å². The van der Waals surface area contributed by atoms with E-state index in [0.29, 0.717) is 12.5 Å². The number of amides is 1. The van der Waals surface area contributed by atoms with E-state index in [0.717, 1.165) is 18.3 Å². The second-order valence-electron chi connectivity index (χ2n) is 5.45. The lowest BCUT2D eigenvalue weighted by atomic mass is 9.89. The number of hydrogen-bond acceptors (Lipinski definition) is 1. The van der Waals surface area contributed by atoms with Crippen molar-refractivity contribution in [3.63, 3.8) is 0 Å². The molecule has 0 heterocycles. The van der Waals surface area contributed by atoms with Crippen molar-refractivity contribution in [1.82, 2.24) is 4.90 Å². The molecule has 0 N–H and O–H groups in total. The third kappa shape index (κ3) is 4.32. The highest BCUT2D eigenvalue weighted by Crippen LogP contribution is 2.24. The van der Waals surface area contributed by atoms with Gasteiger partial charge in [0.1, 0.15) is 0 Å². The molecule has 4 heteroatoms. The van der Waals surface area contributed by atoms with Crippen LogP contribution in [0.25, 0.3) is 5.53 Å². The molecular weight excluding hydrogens is 250 g/mol. The molecule has 1 aliphatic carbocycles. The van der Waals surface area contributed by atoms with Gasteiger partial charge in [0.2, 0.25) is 0 Å². The van der Waals surface area contributed by atoms with Crippen LogP contribution in [0.5, 0.6) is 0 Å². The molecule has 0 spiro atoms. The average Bonchev–Trinajstić information content (AvgIpc) is 2.49. The summed E-state index contributed by atoms with van der Waals surface area (Å²) in [5, 5.41) is 0. The van der Waals surface area contributed by atoms with E-state index in [-0.39, 0.29) is 5.91 Å².